The average molecular weight is 299 g/mol. The third kappa shape index (κ3) is 5.85. The van der Waals surface area contributed by atoms with E-state index in [1.54, 1.807) is 0 Å². The average Bonchev–Trinajstić information content (AvgIpc) is 2.31. The van der Waals surface area contributed by atoms with Crippen LogP contribution in [0.5, 0.6) is 0 Å². The van der Waals surface area contributed by atoms with Crippen molar-refractivity contribution in [3.8, 4) is 0 Å². The molecule has 1 atom stereocenters. The molecule has 0 bridgehead atoms. The van der Waals surface area contributed by atoms with Crippen LogP contribution < -0.4 is 0 Å². The maximum absolute atomic E-state index is 2.63. The van der Waals surface area contributed by atoms with Crippen LogP contribution in [0.25, 0.3) is 0 Å². The van der Waals surface area contributed by atoms with Crippen LogP contribution in [-0.2, 0) is 0 Å². The molecule has 0 aromatic carbocycles. The van der Waals surface area contributed by atoms with E-state index < -0.39 is 0 Å². The number of nitrogens with zero attached hydrogens (tertiary/aromatic N) is 4. The van der Waals surface area contributed by atoms with Crippen molar-refractivity contribution < 1.29 is 0 Å². The molecule has 0 radical (unpaired) electrons. The molecule has 1 unspecified atom stereocenters. The Hall–Kier alpha value is -0.160. The van der Waals surface area contributed by atoms with Gasteiger partial charge >= 0.3 is 0 Å². The van der Waals surface area contributed by atoms with Gasteiger partial charge in [-0.2, -0.15) is 0 Å². The summed E-state index contributed by atoms with van der Waals surface area (Å²) in [5.41, 5.74) is 0.288. The number of hydrogen-bond donors (Lipinski definition) is 0. The second-order valence-corrected chi connectivity index (χ2v) is 8.00. The quantitative estimate of drug-likeness (QED) is 0.642. The lowest BCUT2D eigenvalue weighted by Crippen LogP contribution is -2.60. The molecule has 0 aromatic rings. The highest BCUT2D eigenvalue weighted by molar-refractivity contribution is 4.90. The Balaban J connectivity index is 2.29. The van der Waals surface area contributed by atoms with Crippen molar-refractivity contribution in [2.75, 3.05) is 61.4 Å². The normalized spacial score (nSPS) is 19.6. The minimum Gasteiger partial charge on any atom is -0.308 e. The molecule has 0 amide bonds. The van der Waals surface area contributed by atoms with E-state index in [0.717, 1.165) is 19.1 Å². The molecular weight excluding hydrogens is 260 g/mol. The molecule has 1 saturated heterocycles. The van der Waals surface area contributed by atoms with Gasteiger partial charge in [0.15, 0.2) is 0 Å². The van der Waals surface area contributed by atoms with Crippen LogP contribution in [0, 0.1) is 0 Å². The van der Waals surface area contributed by atoms with E-state index in [0.29, 0.717) is 6.04 Å². The number of likely N-dealkylation sites (N-methyl/N-ethyl adjacent to an activating group) is 3. The van der Waals surface area contributed by atoms with E-state index in [1.165, 1.54) is 25.9 Å². The summed E-state index contributed by atoms with van der Waals surface area (Å²) in [6.45, 7) is 11.9. The van der Waals surface area contributed by atoms with Gasteiger partial charge in [0.05, 0.1) is 0 Å². The summed E-state index contributed by atoms with van der Waals surface area (Å²) in [6, 6.07) is 1.48. The Bertz CT molecular complexity index is 295. The minimum atomic E-state index is 0.288. The van der Waals surface area contributed by atoms with Crippen molar-refractivity contribution in [3.05, 3.63) is 0 Å². The summed E-state index contributed by atoms with van der Waals surface area (Å²) in [5, 5.41) is 0. The Labute approximate surface area is 133 Å². The SMILES string of the molecule is CC(CCC(C)(C)N(C)CCN(C)C)N1CC(N(C)C)C1. The molecule has 126 valence electrons. The van der Waals surface area contributed by atoms with Crippen molar-refractivity contribution in [3.63, 3.8) is 0 Å². The smallest absolute Gasteiger partial charge is 0.0344 e. The zero-order chi connectivity index (χ0) is 16.2. The van der Waals surface area contributed by atoms with Gasteiger partial charge in [-0.15, -0.1) is 0 Å². The summed E-state index contributed by atoms with van der Waals surface area (Å²) in [7, 11) is 10.9. The molecule has 1 rings (SSSR count). The summed E-state index contributed by atoms with van der Waals surface area (Å²) < 4.78 is 0. The van der Waals surface area contributed by atoms with Crippen LogP contribution in [0.3, 0.4) is 0 Å². The molecule has 1 aliphatic heterocycles. The third-order valence-corrected chi connectivity index (χ3v) is 5.33. The zero-order valence-electron chi connectivity index (χ0n) is 15.7. The van der Waals surface area contributed by atoms with Gasteiger partial charge < -0.3 is 9.80 Å². The van der Waals surface area contributed by atoms with Crippen molar-refractivity contribution in [1.82, 2.24) is 19.6 Å². The highest BCUT2D eigenvalue weighted by Crippen LogP contribution is 2.24. The molecule has 0 saturated carbocycles. The fourth-order valence-electron chi connectivity index (χ4n) is 2.76. The van der Waals surface area contributed by atoms with Gasteiger partial charge in [-0.3, -0.25) is 9.80 Å². The van der Waals surface area contributed by atoms with Crippen molar-refractivity contribution in [2.45, 2.75) is 51.2 Å². The fourth-order valence-corrected chi connectivity index (χ4v) is 2.76. The van der Waals surface area contributed by atoms with Gasteiger partial charge in [-0.05, 0) is 68.9 Å². The Morgan fingerprint density at radius 2 is 1.62 bits per heavy atom. The van der Waals surface area contributed by atoms with Gasteiger partial charge in [0, 0.05) is 43.8 Å². The fraction of sp³-hybridized carbons (Fsp3) is 1.00. The molecule has 0 spiro atoms. The third-order valence-electron chi connectivity index (χ3n) is 5.33. The molecule has 1 heterocycles. The molecule has 4 nitrogen and oxygen atoms in total. The van der Waals surface area contributed by atoms with Crippen LogP contribution in [0.4, 0.5) is 0 Å². The topological polar surface area (TPSA) is 13.0 Å². The monoisotopic (exact) mass is 298 g/mol. The maximum Gasteiger partial charge on any atom is 0.0344 e. The molecule has 1 aliphatic rings. The zero-order valence-corrected chi connectivity index (χ0v) is 15.7. The number of hydrogen-bond acceptors (Lipinski definition) is 4. The number of likely N-dealkylation sites (tertiary alicyclic amines) is 1. The second-order valence-electron chi connectivity index (χ2n) is 8.00. The molecular formula is C17H38N4. The Morgan fingerprint density at radius 3 is 2.10 bits per heavy atom. The first-order chi connectivity index (χ1) is 9.63. The van der Waals surface area contributed by atoms with E-state index in [9.17, 15) is 0 Å². The standard InChI is InChI=1S/C17H38N4/c1-15(21-13-16(14-21)19(6)7)9-10-17(2,3)20(8)12-11-18(4)5/h15-16H,9-14H2,1-8H3. The molecule has 0 aliphatic carbocycles. The summed E-state index contributed by atoms with van der Waals surface area (Å²) in [4.78, 5) is 9.75. The lowest BCUT2D eigenvalue weighted by molar-refractivity contribution is 0.0231. The highest BCUT2D eigenvalue weighted by atomic mass is 15.3. The largest absolute Gasteiger partial charge is 0.308 e. The highest BCUT2D eigenvalue weighted by Gasteiger charge is 2.32. The lowest BCUT2D eigenvalue weighted by Gasteiger charge is -2.47. The summed E-state index contributed by atoms with van der Waals surface area (Å²) >= 11 is 0. The first-order valence-electron chi connectivity index (χ1n) is 8.40. The lowest BCUT2D eigenvalue weighted by atomic mass is 9.92. The van der Waals surface area contributed by atoms with Crippen LogP contribution in [0.1, 0.15) is 33.6 Å². The van der Waals surface area contributed by atoms with Crippen molar-refractivity contribution in [1.29, 1.82) is 0 Å². The van der Waals surface area contributed by atoms with Gasteiger partial charge in [-0.25, -0.2) is 0 Å². The molecule has 21 heavy (non-hydrogen) atoms. The van der Waals surface area contributed by atoms with Gasteiger partial charge in [0.25, 0.3) is 0 Å². The summed E-state index contributed by atoms with van der Waals surface area (Å²) in [5.74, 6) is 0. The molecule has 1 fully saturated rings. The molecule has 0 aromatic heterocycles. The molecule has 0 N–H and O–H groups in total. The van der Waals surface area contributed by atoms with E-state index in [2.05, 4.69) is 75.6 Å². The maximum atomic E-state index is 2.63. The van der Waals surface area contributed by atoms with Crippen LogP contribution in [0.2, 0.25) is 0 Å². The Morgan fingerprint density at radius 1 is 1.05 bits per heavy atom. The van der Waals surface area contributed by atoms with Gasteiger partial charge in [0.2, 0.25) is 0 Å². The van der Waals surface area contributed by atoms with Gasteiger partial charge in [-0.1, -0.05) is 0 Å². The second kappa shape index (κ2) is 7.91. The van der Waals surface area contributed by atoms with E-state index in [4.69, 9.17) is 0 Å². The first kappa shape index (κ1) is 18.9. The molecule has 4 heteroatoms. The van der Waals surface area contributed by atoms with Crippen LogP contribution in [-0.4, -0.2) is 98.6 Å². The van der Waals surface area contributed by atoms with Crippen molar-refractivity contribution in [2.24, 2.45) is 0 Å². The summed E-state index contributed by atoms with van der Waals surface area (Å²) in [6.07, 6.45) is 2.56. The Kier molecular flexibility index (Phi) is 7.11. The van der Waals surface area contributed by atoms with Gasteiger partial charge in [0.1, 0.15) is 0 Å². The first-order valence-corrected chi connectivity index (χ1v) is 8.40. The van der Waals surface area contributed by atoms with Crippen LogP contribution in [0.15, 0.2) is 0 Å². The van der Waals surface area contributed by atoms with Crippen molar-refractivity contribution >= 4 is 0 Å². The number of rotatable bonds is 9. The van der Waals surface area contributed by atoms with E-state index >= 15 is 0 Å². The van der Waals surface area contributed by atoms with Crippen LogP contribution >= 0.6 is 0 Å². The predicted octanol–water partition coefficient (Wildman–Crippen LogP) is 1.67. The van der Waals surface area contributed by atoms with E-state index in [1.807, 2.05) is 0 Å². The minimum absolute atomic E-state index is 0.288. The predicted molar refractivity (Wildman–Crippen MR) is 93.0 cm³/mol. The van der Waals surface area contributed by atoms with E-state index in [-0.39, 0.29) is 5.54 Å².